The minimum absolute atomic E-state index is 0.385. The molecule has 1 N–H and O–H groups in total. The van der Waals surface area contributed by atoms with E-state index in [1.165, 1.54) is 24.5 Å². The van der Waals surface area contributed by atoms with Crippen LogP contribution in [0.3, 0.4) is 0 Å². The van der Waals surface area contributed by atoms with Gasteiger partial charge in [-0.3, -0.25) is 0 Å². The third-order valence-corrected chi connectivity index (χ3v) is 4.06. The predicted molar refractivity (Wildman–Crippen MR) is 52.4 cm³/mol. The summed E-state index contributed by atoms with van der Waals surface area (Å²) in [7, 11) is 0. The topological polar surface area (TPSA) is 23.5 Å². The highest BCUT2D eigenvalue weighted by Crippen LogP contribution is 2.26. The van der Waals surface area contributed by atoms with E-state index in [-0.39, 0.29) is 0 Å². The van der Waals surface area contributed by atoms with Gasteiger partial charge in [0.1, 0.15) is 0 Å². The molecule has 0 aromatic carbocycles. The van der Waals surface area contributed by atoms with Crippen molar-refractivity contribution in [3.63, 3.8) is 0 Å². The first-order valence-electron chi connectivity index (χ1n) is 4.79. The molecule has 0 saturated carbocycles. The fraction of sp³-hybridized carbons (Fsp3) is 1.00. The monoisotopic (exact) mass is 187 g/mol. The van der Waals surface area contributed by atoms with Crippen LogP contribution in [-0.2, 0) is 0 Å². The Morgan fingerprint density at radius 3 is 2.75 bits per heavy atom. The number of thioether (sulfide) groups is 1. The summed E-state index contributed by atoms with van der Waals surface area (Å²) in [5.41, 5.74) is 0. The summed E-state index contributed by atoms with van der Waals surface area (Å²) < 4.78 is 0. The van der Waals surface area contributed by atoms with Crippen LogP contribution in [0.1, 0.15) is 6.42 Å². The molecular formula is C9H17NOS. The van der Waals surface area contributed by atoms with Crippen molar-refractivity contribution >= 4 is 11.8 Å². The second-order valence-electron chi connectivity index (χ2n) is 4.00. The van der Waals surface area contributed by atoms with Crippen molar-refractivity contribution in [1.29, 1.82) is 0 Å². The molecule has 70 valence electrons. The highest BCUT2D eigenvalue weighted by molar-refractivity contribution is 7.99. The molecule has 2 aliphatic rings. The molecule has 1 atom stereocenters. The van der Waals surface area contributed by atoms with Crippen LogP contribution in [0.15, 0.2) is 0 Å². The number of aliphatic hydroxyl groups is 1. The number of hydrogen-bond donors (Lipinski definition) is 1. The Labute approximate surface area is 78.3 Å². The van der Waals surface area contributed by atoms with Crippen LogP contribution in [0.5, 0.6) is 0 Å². The average molecular weight is 187 g/mol. The first-order chi connectivity index (χ1) is 5.88. The zero-order valence-electron chi connectivity index (χ0n) is 7.41. The normalized spacial score (nSPS) is 32.2. The van der Waals surface area contributed by atoms with Crippen LogP contribution in [0.2, 0.25) is 0 Å². The molecule has 0 aromatic rings. The molecule has 3 heteroatoms. The minimum atomic E-state index is 0.385. The Morgan fingerprint density at radius 1 is 1.33 bits per heavy atom. The molecule has 0 radical (unpaired) electrons. The van der Waals surface area contributed by atoms with E-state index in [1.807, 2.05) is 0 Å². The molecule has 0 spiro atoms. The number of rotatable bonds is 3. The second kappa shape index (κ2) is 3.99. The Hall–Kier alpha value is 0.270. The molecule has 0 aromatic heterocycles. The van der Waals surface area contributed by atoms with Gasteiger partial charge in [0.2, 0.25) is 0 Å². The molecule has 2 rings (SSSR count). The van der Waals surface area contributed by atoms with E-state index in [1.54, 1.807) is 0 Å². The van der Waals surface area contributed by atoms with Crippen molar-refractivity contribution in [2.45, 2.75) is 6.42 Å². The lowest BCUT2D eigenvalue weighted by molar-refractivity contribution is 0.0443. The predicted octanol–water partition coefficient (Wildman–Crippen LogP) is 0.664. The van der Waals surface area contributed by atoms with Gasteiger partial charge in [-0.05, 0) is 23.8 Å². The van der Waals surface area contributed by atoms with Gasteiger partial charge in [0.05, 0.1) is 0 Å². The highest BCUT2D eigenvalue weighted by atomic mass is 32.2. The van der Waals surface area contributed by atoms with Crippen LogP contribution < -0.4 is 0 Å². The molecule has 2 nitrogen and oxygen atoms in total. The molecular weight excluding hydrogens is 170 g/mol. The van der Waals surface area contributed by atoms with Crippen molar-refractivity contribution < 1.29 is 5.11 Å². The summed E-state index contributed by atoms with van der Waals surface area (Å²) in [5.74, 6) is 4.25. The van der Waals surface area contributed by atoms with Gasteiger partial charge in [-0.2, -0.15) is 11.8 Å². The van der Waals surface area contributed by atoms with Crippen molar-refractivity contribution in [1.82, 2.24) is 4.90 Å². The summed E-state index contributed by atoms with van der Waals surface area (Å²) in [6, 6.07) is 0. The maximum atomic E-state index is 8.83. The Bertz CT molecular complexity index is 141. The van der Waals surface area contributed by atoms with Gasteiger partial charge in [-0.25, -0.2) is 0 Å². The second-order valence-corrected chi connectivity index (χ2v) is 5.15. The molecule has 1 unspecified atom stereocenters. The molecule has 12 heavy (non-hydrogen) atoms. The van der Waals surface area contributed by atoms with E-state index in [9.17, 15) is 0 Å². The summed E-state index contributed by atoms with van der Waals surface area (Å²) in [6.45, 7) is 3.94. The van der Waals surface area contributed by atoms with Crippen LogP contribution in [0.25, 0.3) is 0 Å². The molecule has 2 fully saturated rings. The molecule has 2 saturated heterocycles. The van der Waals surface area contributed by atoms with E-state index in [0.29, 0.717) is 12.5 Å². The van der Waals surface area contributed by atoms with E-state index in [4.69, 9.17) is 5.11 Å². The van der Waals surface area contributed by atoms with E-state index < -0.39 is 0 Å². The zero-order valence-corrected chi connectivity index (χ0v) is 8.22. The number of aliphatic hydroxyl groups excluding tert-OH is 1. The van der Waals surface area contributed by atoms with Crippen molar-refractivity contribution in [2.75, 3.05) is 37.7 Å². The van der Waals surface area contributed by atoms with Crippen LogP contribution in [0.4, 0.5) is 0 Å². The summed E-state index contributed by atoms with van der Waals surface area (Å²) in [6.07, 6.45) is 1.41. The van der Waals surface area contributed by atoms with Gasteiger partial charge >= 0.3 is 0 Å². The van der Waals surface area contributed by atoms with Crippen molar-refractivity contribution in [3.05, 3.63) is 0 Å². The minimum Gasteiger partial charge on any atom is -0.396 e. The van der Waals surface area contributed by atoms with Crippen molar-refractivity contribution in [3.8, 4) is 0 Å². The fourth-order valence-corrected chi connectivity index (χ4v) is 3.31. The lowest BCUT2D eigenvalue weighted by Gasteiger charge is -2.39. The molecule has 0 amide bonds. The Kier molecular flexibility index (Phi) is 2.94. The van der Waals surface area contributed by atoms with E-state index >= 15 is 0 Å². The van der Waals surface area contributed by atoms with Crippen molar-refractivity contribution in [2.24, 2.45) is 11.8 Å². The maximum Gasteiger partial charge on any atom is 0.0483 e. The SMILES string of the molecule is OCC1CN(CC2CCSC2)C1. The third kappa shape index (κ3) is 1.95. The smallest absolute Gasteiger partial charge is 0.0483 e. The average Bonchev–Trinajstić information content (AvgIpc) is 2.47. The third-order valence-electron chi connectivity index (χ3n) is 2.83. The van der Waals surface area contributed by atoms with Crippen LogP contribution in [0, 0.1) is 11.8 Å². The molecule has 2 heterocycles. The van der Waals surface area contributed by atoms with E-state index in [2.05, 4.69) is 16.7 Å². The quantitative estimate of drug-likeness (QED) is 0.702. The largest absolute Gasteiger partial charge is 0.396 e. The van der Waals surface area contributed by atoms with E-state index in [0.717, 1.165) is 19.0 Å². The lowest BCUT2D eigenvalue weighted by Crippen LogP contribution is -2.50. The summed E-state index contributed by atoms with van der Waals surface area (Å²) in [5, 5.41) is 8.83. The fourth-order valence-electron chi connectivity index (χ4n) is 2.03. The Morgan fingerprint density at radius 2 is 2.17 bits per heavy atom. The van der Waals surface area contributed by atoms with Gasteiger partial charge in [0, 0.05) is 32.2 Å². The molecule has 0 aliphatic carbocycles. The molecule has 2 aliphatic heterocycles. The maximum absolute atomic E-state index is 8.83. The van der Waals surface area contributed by atoms with Gasteiger partial charge < -0.3 is 10.0 Å². The summed E-state index contributed by atoms with van der Waals surface area (Å²) in [4.78, 5) is 2.48. The van der Waals surface area contributed by atoms with Crippen LogP contribution >= 0.6 is 11.8 Å². The standard InChI is InChI=1S/C9H17NOS/c11-6-9-4-10(5-9)3-8-1-2-12-7-8/h8-9,11H,1-7H2. The number of hydrogen-bond acceptors (Lipinski definition) is 3. The van der Waals surface area contributed by atoms with Gasteiger partial charge in [0.15, 0.2) is 0 Å². The van der Waals surface area contributed by atoms with Crippen LogP contribution in [-0.4, -0.2) is 47.8 Å². The lowest BCUT2D eigenvalue weighted by atomic mass is 9.98. The number of nitrogens with zero attached hydrogens (tertiary/aromatic N) is 1. The summed E-state index contributed by atoms with van der Waals surface area (Å²) >= 11 is 2.09. The Balaban J connectivity index is 1.62. The van der Waals surface area contributed by atoms with Gasteiger partial charge in [0.25, 0.3) is 0 Å². The first kappa shape index (κ1) is 8.85. The molecule has 0 bridgehead atoms. The van der Waals surface area contributed by atoms with Gasteiger partial charge in [-0.15, -0.1) is 0 Å². The highest BCUT2D eigenvalue weighted by Gasteiger charge is 2.28. The van der Waals surface area contributed by atoms with Gasteiger partial charge in [-0.1, -0.05) is 0 Å². The number of likely N-dealkylation sites (tertiary alicyclic amines) is 1. The first-order valence-corrected chi connectivity index (χ1v) is 5.95. The zero-order chi connectivity index (χ0) is 8.39.